The van der Waals surface area contributed by atoms with Gasteiger partial charge in [0, 0.05) is 42.3 Å². The summed E-state index contributed by atoms with van der Waals surface area (Å²) in [5.74, 6) is 0.532. The molecule has 2 unspecified atom stereocenters. The van der Waals surface area contributed by atoms with Gasteiger partial charge in [-0.2, -0.15) is 0 Å². The third kappa shape index (κ3) is 4.70. The molecule has 3 aromatic rings. The Balaban J connectivity index is 0.00000225. The average molecular weight is 418 g/mol. The Hall–Kier alpha value is -1.99. The van der Waals surface area contributed by atoms with Crippen molar-refractivity contribution >= 4 is 33.2 Å². The predicted molar refractivity (Wildman–Crippen MR) is 114 cm³/mol. The molecule has 2 N–H and O–H groups in total. The predicted octanol–water partition coefficient (Wildman–Crippen LogP) is 3.47. The van der Waals surface area contributed by atoms with Crippen LogP contribution in [0.25, 0.3) is 10.8 Å². The molecular formula is C21H24ClN3O2S. The fourth-order valence-corrected chi connectivity index (χ4v) is 4.70. The van der Waals surface area contributed by atoms with Crippen molar-refractivity contribution in [3.63, 3.8) is 0 Å². The summed E-state index contributed by atoms with van der Waals surface area (Å²) in [7, 11) is -3.55. The summed E-state index contributed by atoms with van der Waals surface area (Å²) in [6.45, 7) is 2.49. The van der Waals surface area contributed by atoms with Gasteiger partial charge in [-0.1, -0.05) is 36.4 Å². The normalized spacial score (nSPS) is 19.8. The highest BCUT2D eigenvalue weighted by molar-refractivity contribution is 7.89. The molecule has 1 saturated carbocycles. The molecule has 0 amide bonds. The smallest absolute Gasteiger partial charge is 0.240 e. The first-order chi connectivity index (χ1) is 13.0. The number of nitrogens with one attached hydrogen (secondary N) is 2. The van der Waals surface area contributed by atoms with Crippen LogP contribution in [0.5, 0.6) is 0 Å². The SMILES string of the molecule is C[C@H](CNC1CC1c1ccccc1)NS(=O)(=O)c1ccc2cnccc2c1.Cl. The Bertz CT molecular complexity index is 1040. The first-order valence-electron chi connectivity index (χ1n) is 9.17. The first-order valence-corrected chi connectivity index (χ1v) is 10.7. The Morgan fingerprint density at radius 1 is 1.11 bits per heavy atom. The molecule has 1 aliphatic carbocycles. The monoisotopic (exact) mass is 417 g/mol. The van der Waals surface area contributed by atoms with E-state index in [-0.39, 0.29) is 23.3 Å². The lowest BCUT2D eigenvalue weighted by molar-refractivity contribution is 0.533. The van der Waals surface area contributed by atoms with Crippen LogP contribution in [0.1, 0.15) is 24.8 Å². The second kappa shape index (κ2) is 8.57. The number of pyridine rings is 1. The van der Waals surface area contributed by atoms with Crippen LogP contribution >= 0.6 is 12.4 Å². The lowest BCUT2D eigenvalue weighted by Gasteiger charge is -2.15. The van der Waals surface area contributed by atoms with E-state index in [4.69, 9.17) is 0 Å². The van der Waals surface area contributed by atoms with E-state index in [1.807, 2.05) is 19.1 Å². The van der Waals surface area contributed by atoms with E-state index in [2.05, 4.69) is 39.3 Å². The Morgan fingerprint density at radius 3 is 2.68 bits per heavy atom. The Labute approximate surface area is 172 Å². The molecule has 148 valence electrons. The van der Waals surface area contributed by atoms with Crippen LogP contribution in [-0.4, -0.2) is 32.0 Å². The molecule has 4 rings (SSSR count). The van der Waals surface area contributed by atoms with Crippen LogP contribution in [-0.2, 0) is 10.0 Å². The van der Waals surface area contributed by atoms with E-state index < -0.39 is 10.0 Å². The number of benzene rings is 2. The molecule has 0 bridgehead atoms. The highest BCUT2D eigenvalue weighted by atomic mass is 35.5. The van der Waals surface area contributed by atoms with E-state index in [1.165, 1.54) is 5.56 Å². The number of rotatable bonds is 7. The summed E-state index contributed by atoms with van der Waals surface area (Å²) in [6, 6.07) is 17.6. The third-order valence-electron chi connectivity index (χ3n) is 4.98. The molecule has 1 aliphatic rings. The number of fused-ring (bicyclic) bond motifs is 1. The Kier molecular flexibility index (Phi) is 6.35. The number of halogens is 1. The second-order valence-corrected chi connectivity index (χ2v) is 8.89. The number of hydrogen-bond acceptors (Lipinski definition) is 4. The zero-order valence-corrected chi connectivity index (χ0v) is 17.2. The standard InChI is InChI=1S/C21H23N3O2S.ClH/c1-15(13-23-21-12-20(21)16-5-3-2-4-6-16)24-27(25,26)19-8-7-18-14-22-10-9-17(18)11-19;/h2-11,14-15,20-21,23-24H,12-13H2,1H3;1H/t15-,20?,21?;/m1./s1. The molecular weight excluding hydrogens is 394 g/mol. The van der Waals surface area contributed by atoms with Crippen LogP contribution in [0.4, 0.5) is 0 Å². The zero-order chi connectivity index (χ0) is 18.9. The molecule has 0 saturated heterocycles. The van der Waals surface area contributed by atoms with Crippen molar-refractivity contribution in [2.24, 2.45) is 0 Å². The van der Waals surface area contributed by atoms with Gasteiger partial charge < -0.3 is 5.32 Å². The molecule has 1 heterocycles. The van der Waals surface area contributed by atoms with Gasteiger partial charge >= 0.3 is 0 Å². The minimum atomic E-state index is -3.55. The van der Waals surface area contributed by atoms with Crippen LogP contribution in [0.3, 0.4) is 0 Å². The fraction of sp³-hybridized carbons (Fsp3) is 0.286. The van der Waals surface area contributed by atoms with Gasteiger partial charge in [0.1, 0.15) is 0 Å². The lowest BCUT2D eigenvalue weighted by atomic mass is 10.1. The average Bonchev–Trinajstić information content (AvgIpc) is 3.46. The maximum absolute atomic E-state index is 12.7. The quantitative estimate of drug-likeness (QED) is 0.617. The molecule has 28 heavy (non-hydrogen) atoms. The van der Waals surface area contributed by atoms with E-state index >= 15 is 0 Å². The van der Waals surface area contributed by atoms with Gasteiger partial charge in [-0.05, 0) is 42.5 Å². The van der Waals surface area contributed by atoms with Crippen LogP contribution in [0.15, 0.2) is 71.9 Å². The minimum absolute atomic E-state index is 0. The lowest BCUT2D eigenvalue weighted by Crippen LogP contribution is -2.40. The van der Waals surface area contributed by atoms with E-state index in [9.17, 15) is 8.42 Å². The largest absolute Gasteiger partial charge is 0.312 e. The number of hydrogen-bond donors (Lipinski definition) is 2. The number of sulfonamides is 1. The highest BCUT2D eigenvalue weighted by Gasteiger charge is 2.37. The topological polar surface area (TPSA) is 71.1 Å². The van der Waals surface area contributed by atoms with Crippen molar-refractivity contribution in [1.29, 1.82) is 0 Å². The summed E-state index contributed by atoms with van der Waals surface area (Å²) in [5.41, 5.74) is 1.34. The molecule has 2 aromatic carbocycles. The van der Waals surface area contributed by atoms with E-state index in [0.717, 1.165) is 17.2 Å². The van der Waals surface area contributed by atoms with Gasteiger partial charge in [0.2, 0.25) is 10.0 Å². The fourth-order valence-electron chi connectivity index (χ4n) is 3.42. The van der Waals surface area contributed by atoms with Crippen LogP contribution in [0.2, 0.25) is 0 Å². The van der Waals surface area contributed by atoms with Gasteiger partial charge in [-0.15, -0.1) is 12.4 Å². The molecule has 1 fully saturated rings. The zero-order valence-electron chi connectivity index (χ0n) is 15.6. The summed E-state index contributed by atoms with van der Waals surface area (Å²) >= 11 is 0. The molecule has 0 radical (unpaired) electrons. The molecule has 0 aliphatic heterocycles. The van der Waals surface area contributed by atoms with Crippen molar-refractivity contribution in [2.45, 2.75) is 36.2 Å². The summed E-state index contributed by atoms with van der Waals surface area (Å²) in [6.07, 6.45) is 4.49. The van der Waals surface area contributed by atoms with Crippen molar-refractivity contribution in [3.8, 4) is 0 Å². The molecule has 0 spiro atoms. The summed E-state index contributed by atoms with van der Waals surface area (Å²) in [4.78, 5) is 4.33. The van der Waals surface area contributed by atoms with Gasteiger partial charge in [-0.25, -0.2) is 13.1 Å². The molecule has 3 atom stereocenters. The summed E-state index contributed by atoms with van der Waals surface area (Å²) in [5, 5.41) is 5.26. The van der Waals surface area contributed by atoms with Gasteiger partial charge in [0.05, 0.1) is 4.90 Å². The van der Waals surface area contributed by atoms with Crippen molar-refractivity contribution in [2.75, 3.05) is 6.54 Å². The highest BCUT2D eigenvalue weighted by Crippen LogP contribution is 2.40. The second-order valence-electron chi connectivity index (χ2n) is 7.17. The molecule has 5 nitrogen and oxygen atoms in total. The van der Waals surface area contributed by atoms with Crippen LogP contribution < -0.4 is 10.0 Å². The maximum Gasteiger partial charge on any atom is 0.240 e. The summed E-state index contributed by atoms with van der Waals surface area (Å²) < 4.78 is 28.1. The Morgan fingerprint density at radius 2 is 1.89 bits per heavy atom. The number of nitrogens with zero attached hydrogens (tertiary/aromatic N) is 1. The molecule has 7 heteroatoms. The molecule has 1 aromatic heterocycles. The third-order valence-corrected chi connectivity index (χ3v) is 6.57. The van der Waals surface area contributed by atoms with E-state index in [0.29, 0.717) is 18.5 Å². The van der Waals surface area contributed by atoms with Gasteiger partial charge in [-0.3, -0.25) is 4.98 Å². The number of aromatic nitrogens is 1. The van der Waals surface area contributed by atoms with Gasteiger partial charge in [0.15, 0.2) is 0 Å². The van der Waals surface area contributed by atoms with Crippen molar-refractivity contribution in [1.82, 2.24) is 15.0 Å². The first kappa shape index (κ1) is 20.7. The van der Waals surface area contributed by atoms with Gasteiger partial charge in [0.25, 0.3) is 0 Å². The van der Waals surface area contributed by atoms with Crippen LogP contribution in [0, 0.1) is 0 Å². The van der Waals surface area contributed by atoms with Crippen molar-refractivity contribution < 1.29 is 8.42 Å². The van der Waals surface area contributed by atoms with Crippen molar-refractivity contribution in [3.05, 3.63) is 72.6 Å². The maximum atomic E-state index is 12.7. The van der Waals surface area contributed by atoms with E-state index in [1.54, 1.807) is 30.6 Å². The minimum Gasteiger partial charge on any atom is -0.312 e.